The molecule has 4 heteroatoms. The zero-order chi connectivity index (χ0) is 19.9. The smallest absolute Gasteiger partial charge is 0.119 e. The minimum absolute atomic E-state index is 0.00571. The Kier molecular flexibility index (Phi) is 5.19. The maximum Gasteiger partial charge on any atom is 0.119 e. The van der Waals surface area contributed by atoms with Crippen LogP contribution in [0, 0.1) is 11.8 Å². The van der Waals surface area contributed by atoms with Gasteiger partial charge < -0.3 is 9.47 Å². The van der Waals surface area contributed by atoms with Gasteiger partial charge in [-0.1, -0.05) is 6.08 Å². The minimum Gasteiger partial charge on any atom is -0.497 e. The lowest BCUT2D eigenvalue weighted by Crippen LogP contribution is -2.55. The Morgan fingerprint density at radius 3 is 2.75 bits per heavy atom. The van der Waals surface area contributed by atoms with Crippen LogP contribution in [-0.4, -0.2) is 41.7 Å². The van der Waals surface area contributed by atoms with Crippen molar-refractivity contribution in [2.75, 3.05) is 20.2 Å². The molecule has 3 aliphatic rings. The Morgan fingerprint density at radius 1 is 1.29 bits per heavy atom. The first kappa shape index (κ1) is 19.4. The fourth-order valence-electron chi connectivity index (χ4n) is 4.94. The third-order valence-electron chi connectivity index (χ3n) is 6.27. The second kappa shape index (κ2) is 7.49. The monoisotopic (exact) mass is 380 g/mol. The summed E-state index contributed by atoms with van der Waals surface area (Å²) in [5.74, 6) is 2.17. The van der Waals surface area contributed by atoms with Crippen molar-refractivity contribution in [1.29, 1.82) is 0 Å². The van der Waals surface area contributed by atoms with E-state index in [9.17, 15) is 0 Å². The van der Waals surface area contributed by atoms with E-state index in [4.69, 9.17) is 9.47 Å². The molecule has 5 atom stereocenters. The molecule has 0 radical (unpaired) electrons. The Morgan fingerprint density at radius 2 is 2.11 bits per heavy atom. The number of pyridine rings is 1. The lowest BCUT2D eigenvalue weighted by molar-refractivity contribution is -0.127. The van der Waals surface area contributed by atoms with Gasteiger partial charge in [-0.15, -0.1) is 6.58 Å². The third-order valence-corrected chi connectivity index (χ3v) is 6.27. The zero-order valence-corrected chi connectivity index (χ0v) is 17.5. The molecular formula is C24H32N2O2. The number of hydrogen-bond acceptors (Lipinski definition) is 4. The first-order valence-electron chi connectivity index (χ1n) is 10.4. The third kappa shape index (κ3) is 3.68. The molecule has 1 aromatic carbocycles. The number of ether oxygens (including phenoxy) is 2. The number of methoxy groups -OCH3 is 1. The van der Waals surface area contributed by atoms with Crippen molar-refractivity contribution >= 4 is 10.9 Å². The molecule has 0 spiro atoms. The molecule has 3 saturated heterocycles. The Hall–Kier alpha value is -1.91. The number of fused-ring (bicyclic) bond motifs is 4. The average Bonchev–Trinajstić information content (AvgIpc) is 2.70. The maximum absolute atomic E-state index is 6.73. The lowest BCUT2D eigenvalue weighted by atomic mass is 9.73. The SMILES string of the molecule is C=CC1CN2CCC1CC2C(OC(C)(C)C)c1ccnc2ccc(OC)cc12. The molecule has 0 amide bonds. The van der Waals surface area contributed by atoms with E-state index in [0.717, 1.165) is 36.2 Å². The number of aromatic nitrogens is 1. The van der Waals surface area contributed by atoms with Gasteiger partial charge in [-0.3, -0.25) is 9.88 Å². The number of rotatable bonds is 5. The molecule has 3 fully saturated rings. The van der Waals surface area contributed by atoms with Crippen LogP contribution in [0.2, 0.25) is 0 Å². The number of hydrogen-bond donors (Lipinski definition) is 0. The van der Waals surface area contributed by atoms with Crippen molar-refractivity contribution in [3.8, 4) is 5.75 Å². The Balaban J connectivity index is 1.78. The van der Waals surface area contributed by atoms with Gasteiger partial charge in [0.2, 0.25) is 0 Å². The van der Waals surface area contributed by atoms with Crippen molar-refractivity contribution in [3.63, 3.8) is 0 Å². The summed E-state index contributed by atoms with van der Waals surface area (Å²) < 4.78 is 12.2. The molecule has 5 unspecified atom stereocenters. The first-order valence-corrected chi connectivity index (χ1v) is 10.4. The number of piperidine rings is 3. The molecule has 3 aliphatic heterocycles. The number of nitrogens with zero attached hydrogens (tertiary/aromatic N) is 2. The molecule has 4 heterocycles. The van der Waals surface area contributed by atoms with Crippen LogP contribution in [0.3, 0.4) is 0 Å². The van der Waals surface area contributed by atoms with Crippen LogP contribution in [0.15, 0.2) is 43.1 Å². The van der Waals surface area contributed by atoms with Crippen LogP contribution in [0.1, 0.15) is 45.3 Å². The highest BCUT2D eigenvalue weighted by atomic mass is 16.5. The van der Waals surface area contributed by atoms with Crippen LogP contribution in [0.25, 0.3) is 10.9 Å². The van der Waals surface area contributed by atoms with Gasteiger partial charge in [0.15, 0.2) is 0 Å². The molecule has 0 N–H and O–H groups in total. The number of benzene rings is 1. The molecule has 4 nitrogen and oxygen atoms in total. The van der Waals surface area contributed by atoms with Crippen LogP contribution in [0.5, 0.6) is 5.75 Å². The maximum atomic E-state index is 6.73. The van der Waals surface area contributed by atoms with E-state index in [1.807, 2.05) is 18.3 Å². The van der Waals surface area contributed by atoms with Crippen LogP contribution in [-0.2, 0) is 4.74 Å². The summed E-state index contributed by atoms with van der Waals surface area (Å²) in [4.78, 5) is 7.20. The van der Waals surface area contributed by atoms with Crippen molar-refractivity contribution in [3.05, 3.63) is 48.7 Å². The lowest BCUT2D eigenvalue weighted by Gasteiger charge is -2.52. The molecular weight excluding hydrogens is 348 g/mol. The van der Waals surface area contributed by atoms with E-state index in [-0.39, 0.29) is 11.7 Å². The van der Waals surface area contributed by atoms with Gasteiger partial charge in [0.05, 0.1) is 24.3 Å². The van der Waals surface area contributed by atoms with Gasteiger partial charge in [0, 0.05) is 24.2 Å². The summed E-state index contributed by atoms with van der Waals surface area (Å²) in [5.41, 5.74) is 1.97. The van der Waals surface area contributed by atoms with Gasteiger partial charge in [0.25, 0.3) is 0 Å². The molecule has 0 aliphatic carbocycles. The van der Waals surface area contributed by atoms with Crippen molar-refractivity contribution in [2.24, 2.45) is 11.8 Å². The fraction of sp³-hybridized carbons (Fsp3) is 0.542. The first-order chi connectivity index (χ1) is 13.4. The average molecular weight is 381 g/mol. The summed E-state index contributed by atoms with van der Waals surface area (Å²) in [6.45, 7) is 12.7. The van der Waals surface area contributed by atoms with Gasteiger partial charge in [-0.25, -0.2) is 0 Å². The summed E-state index contributed by atoms with van der Waals surface area (Å²) in [5, 5.41) is 1.12. The highest BCUT2D eigenvalue weighted by molar-refractivity contribution is 5.84. The molecule has 2 aromatic rings. The summed E-state index contributed by atoms with van der Waals surface area (Å²) in [7, 11) is 1.71. The van der Waals surface area contributed by atoms with Gasteiger partial charge in [-0.2, -0.15) is 0 Å². The van der Waals surface area contributed by atoms with Crippen molar-refractivity contribution < 1.29 is 9.47 Å². The van der Waals surface area contributed by atoms with Gasteiger partial charge in [-0.05, 0) is 81.8 Å². The summed E-state index contributed by atoms with van der Waals surface area (Å²) >= 11 is 0. The van der Waals surface area contributed by atoms with E-state index in [2.05, 4.69) is 55.4 Å². The second-order valence-corrected chi connectivity index (χ2v) is 9.18. The predicted octanol–water partition coefficient (Wildman–Crippen LogP) is 5.00. The van der Waals surface area contributed by atoms with E-state index in [0.29, 0.717) is 17.9 Å². The minimum atomic E-state index is -0.227. The van der Waals surface area contributed by atoms with Crippen LogP contribution in [0.4, 0.5) is 0 Å². The van der Waals surface area contributed by atoms with Crippen LogP contribution >= 0.6 is 0 Å². The standard InChI is InChI=1S/C24H32N2O2/c1-6-16-15-26-12-10-17(16)13-22(26)23(28-24(2,3)4)19-9-11-25-21-8-7-18(27-5)14-20(19)21/h6-9,11,14,16-17,22-23H,1,10,12-13,15H2,2-5H3. The normalized spacial score (nSPS) is 28.3. The van der Waals surface area contributed by atoms with Crippen LogP contribution < -0.4 is 4.74 Å². The largest absolute Gasteiger partial charge is 0.497 e. The quantitative estimate of drug-likeness (QED) is 0.684. The van der Waals surface area contributed by atoms with Gasteiger partial charge >= 0.3 is 0 Å². The van der Waals surface area contributed by atoms with Crippen molar-refractivity contribution in [1.82, 2.24) is 9.88 Å². The zero-order valence-electron chi connectivity index (χ0n) is 17.5. The molecule has 150 valence electrons. The highest BCUT2D eigenvalue weighted by Crippen LogP contribution is 2.44. The van der Waals surface area contributed by atoms with Crippen molar-refractivity contribution in [2.45, 2.75) is 51.4 Å². The topological polar surface area (TPSA) is 34.6 Å². The highest BCUT2D eigenvalue weighted by Gasteiger charge is 2.44. The van der Waals surface area contributed by atoms with E-state index in [1.165, 1.54) is 12.0 Å². The van der Waals surface area contributed by atoms with E-state index >= 15 is 0 Å². The summed E-state index contributed by atoms with van der Waals surface area (Å²) in [6, 6.07) is 8.62. The Bertz CT molecular complexity index is 857. The summed E-state index contributed by atoms with van der Waals surface area (Å²) in [6.07, 6.45) is 6.49. The Labute approximate surface area is 168 Å². The second-order valence-electron chi connectivity index (χ2n) is 9.18. The molecule has 1 aromatic heterocycles. The van der Waals surface area contributed by atoms with Gasteiger partial charge in [0.1, 0.15) is 5.75 Å². The molecule has 5 rings (SSSR count). The van der Waals surface area contributed by atoms with E-state index in [1.54, 1.807) is 7.11 Å². The molecule has 2 bridgehead atoms. The molecule has 28 heavy (non-hydrogen) atoms. The molecule has 0 saturated carbocycles. The fourth-order valence-corrected chi connectivity index (χ4v) is 4.94. The van der Waals surface area contributed by atoms with E-state index < -0.39 is 0 Å². The predicted molar refractivity (Wildman–Crippen MR) is 114 cm³/mol.